The molecule has 0 atom stereocenters. The molecule has 0 amide bonds. The Labute approximate surface area is 87.0 Å². The molecule has 0 aromatic carbocycles. The second-order valence-electron chi connectivity index (χ2n) is 4.74. The number of hydrogen-bond donors (Lipinski definition) is 0. The molecular formula is C11H21NO2. The molecule has 0 aliphatic heterocycles. The van der Waals surface area contributed by atoms with Gasteiger partial charge in [-0.25, -0.2) is 0 Å². The van der Waals surface area contributed by atoms with Crippen LogP contribution < -0.4 is 0 Å². The third kappa shape index (κ3) is 2.46. The van der Waals surface area contributed by atoms with Gasteiger partial charge in [0.2, 0.25) is 0 Å². The van der Waals surface area contributed by atoms with Gasteiger partial charge in [0.15, 0.2) is 6.29 Å². The van der Waals surface area contributed by atoms with Gasteiger partial charge in [-0.15, -0.1) is 0 Å². The molecule has 0 N–H and O–H groups in total. The van der Waals surface area contributed by atoms with E-state index in [2.05, 4.69) is 33.8 Å². The SMILES string of the molecule is COC(OC)C(C)(C)C(C)(C)CC#N. The van der Waals surface area contributed by atoms with Crippen molar-refractivity contribution in [3.05, 3.63) is 0 Å². The normalized spacial score (nSPS) is 13.0. The van der Waals surface area contributed by atoms with Crippen LogP contribution in [0.4, 0.5) is 0 Å². The van der Waals surface area contributed by atoms with Gasteiger partial charge in [-0.1, -0.05) is 27.7 Å². The summed E-state index contributed by atoms with van der Waals surface area (Å²) in [5, 5.41) is 8.76. The summed E-state index contributed by atoms with van der Waals surface area (Å²) in [6.45, 7) is 8.23. The van der Waals surface area contributed by atoms with Crippen molar-refractivity contribution >= 4 is 0 Å². The maximum Gasteiger partial charge on any atom is 0.162 e. The Kier molecular flexibility index (Phi) is 4.57. The van der Waals surface area contributed by atoms with Crippen LogP contribution in [0.15, 0.2) is 0 Å². The highest BCUT2D eigenvalue weighted by Crippen LogP contribution is 2.44. The smallest absolute Gasteiger partial charge is 0.162 e. The fourth-order valence-corrected chi connectivity index (χ4v) is 1.43. The summed E-state index contributed by atoms with van der Waals surface area (Å²) in [6.07, 6.45) is 0.203. The molecule has 0 heterocycles. The summed E-state index contributed by atoms with van der Waals surface area (Å²) >= 11 is 0. The van der Waals surface area contributed by atoms with E-state index < -0.39 is 0 Å². The Balaban J connectivity index is 4.82. The zero-order chi connectivity index (χ0) is 11.4. The average molecular weight is 199 g/mol. The van der Waals surface area contributed by atoms with E-state index in [-0.39, 0.29) is 17.1 Å². The maximum absolute atomic E-state index is 8.76. The lowest BCUT2D eigenvalue weighted by molar-refractivity contribution is -0.199. The number of nitriles is 1. The first-order valence-electron chi connectivity index (χ1n) is 4.76. The minimum absolute atomic E-state index is 0.140. The van der Waals surface area contributed by atoms with Crippen LogP contribution in [0.3, 0.4) is 0 Å². The predicted octanol–water partition coefficient (Wildman–Crippen LogP) is 2.57. The van der Waals surface area contributed by atoms with E-state index in [4.69, 9.17) is 14.7 Å². The molecule has 0 radical (unpaired) electrons. The van der Waals surface area contributed by atoms with Crippen molar-refractivity contribution in [3.63, 3.8) is 0 Å². The Morgan fingerprint density at radius 1 is 1.14 bits per heavy atom. The largest absolute Gasteiger partial charge is 0.355 e. The topological polar surface area (TPSA) is 42.2 Å². The second kappa shape index (κ2) is 4.77. The molecule has 0 aliphatic rings. The van der Waals surface area contributed by atoms with Gasteiger partial charge in [0, 0.05) is 26.1 Å². The summed E-state index contributed by atoms with van der Waals surface area (Å²) in [4.78, 5) is 0. The maximum atomic E-state index is 8.76. The third-order valence-corrected chi connectivity index (χ3v) is 3.28. The van der Waals surface area contributed by atoms with Crippen molar-refractivity contribution < 1.29 is 9.47 Å². The first-order chi connectivity index (χ1) is 6.33. The summed E-state index contributed by atoms with van der Waals surface area (Å²) in [6, 6.07) is 2.21. The first-order valence-corrected chi connectivity index (χ1v) is 4.76. The van der Waals surface area contributed by atoms with Crippen LogP contribution >= 0.6 is 0 Å². The van der Waals surface area contributed by atoms with Crippen LogP contribution in [-0.2, 0) is 9.47 Å². The quantitative estimate of drug-likeness (QED) is 0.639. The van der Waals surface area contributed by atoms with E-state index in [1.54, 1.807) is 14.2 Å². The van der Waals surface area contributed by atoms with Crippen molar-refractivity contribution in [1.29, 1.82) is 5.26 Å². The Hall–Kier alpha value is -0.590. The van der Waals surface area contributed by atoms with Crippen molar-refractivity contribution in [2.24, 2.45) is 10.8 Å². The van der Waals surface area contributed by atoms with Crippen LogP contribution in [0, 0.1) is 22.2 Å². The molecule has 14 heavy (non-hydrogen) atoms. The summed E-state index contributed by atoms with van der Waals surface area (Å²) in [7, 11) is 3.25. The number of hydrogen-bond acceptors (Lipinski definition) is 3. The number of rotatable bonds is 5. The molecule has 0 saturated heterocycles. The zero-order valence-corrected chi connectivity index (χ0v) is 10.0. The van der Waals surface area contributed by atoms with Crippen molar-refractivity contribution in [1.82, 2.24) is 0 Å². The molecule has 0 aromatic rings. The minimum Gasteiger partial charge on any atom is -0.355 e. The molecule has 0 spiro atoms. The van der Waals surface area contributed by atoms with Crippen LogP contribution in [0.1, 0.15) is 34.1 Å². The standard InChI is InChI=1S/C11H21NO2/c1-10(2,7-8-12)11(3,4)9(13-5)14-6/h9H,7H2,1-6H3. The van der Waals surface area contributed by atoms with Crippen molar-refractivity contribution in [2.45, 2.75) is 40.4 Å². The van der Waals surface area contributed by atoms with E-state index in [0.717, 1.165) is 0 Å². The van der Waals surface area contributed by atoms with Crippen LogP contribution in [0.5, 0.6) is 0 Å². The molecular weight excluding hydrogens is 178 g/mol. The zero-order valence-electron chi connectivity index (χ0n) is 10.0. The highest BCUT2D eigenvalue weighted by molar-refractivity contribution is 4.94. The van der Waals surface area contributed by atoms with E-state index >= 15 is 0 Å². The van der Waals surface area contributed by atoms with Crippen molar-refractivity contribution in [2.75, 3.05) is 14.2 Å². The van der Waals surface area contributed by atoms with E-state index in [9.17, 15) is 0 Å². The van der Waals surface area contributed by atoms with Gasteiger partial charge in [-0.3, -0.25) is 0 Å². The van der Waals surface area contributed by atoms with Gasteiger partial charge in [0.1, 0.15) is 0 Å². The van der Waals surface area contributed by atoms with Gasteiger partial charge in [0.25, 0.3) is 0 Å². The lowest BCUT2D eigenvalue weighted by atomic mass is 9.66. The molecule has 0 unspecified atom stereocenters. The molecule has 0 saturated carbocycles. The number of methoxy groups -OCH3 is 2. The van der Waals surface area contributed by atoms with E-state index in [0.29, 0.717) is 6.42 Å². The summed E-state index contributed by atoms with van der Waals surface area (Å²) < 4.78 is 10.5. The Morgan fingerprint density at radius 3 is 1.86 bits per heavy atom. The lowest BCUT2D eigenvalue weighted by Gasteiger charge is -2.44. The fraction of sp³-hybridized carbons (Fsp3) is 0.909. The molecule has 0 bridgehead atoms. The predicted molar refractivity (Wildman–Crippen MR) is 55.6 cm³/mol. The van der Waals surface area contributed by atoms with Crippen LogP contribution in [-0.4, -0.2) is 20.5 Å². The summed E-state index contributed by atoms with van der Waals surface area (Å²) in [5.41, 5.74) is -0.343. The van der Waals surface area contributed by atoms with Gasteiger partial charge in [-0.05, 0) is 5.41 Å². The van der Waals surface area contributed by atoms with Gasteiger partial charge in [-0.2, -0.15) is 5.26 Å². The second-order valence-corrected chi connectivity index (χ2v) is 4.74. The van der Waals surface area contributed by atoms with Gasteiger partial charge < -0.3 is 9.47 Å². The molecule has 0 aliphatic carbocycles. The third-order valence-electron chi connectivity index (χ3n) is 3.28. The minimum atomic E-state index is -0.286. The Bertz CT molecular complexity index is 212. The molecule has 3 nitrogen and oxygen atoms in total. The van der Waals surface area contributed by atoms with Gasteiger partial charge in [0.05, 0.1) is 6.07 Å². The van der Waals surface area contributed by atoms with Gasteiger partial charge >= 0.3 is 0 Å². The number of ether oxygens (including phenoxy) is 2. The van der Waals surface area contributed by atoms with Crippen LogP contribution in [0.2, 0.25) is 0 Å². The highest BCUT2D eigenvalue weighted by Gasteiger charge is 2.43. The summed E-state index contributed by atoms with van der Waals surface area (Å²) in [5.74, 6) is 0. The first kappa shape index (κ1) is 13.4. The monoisotopic (exact) mass is 199 g/mol. The Morgan fingerprint density at radius 2 is 1.57 bits per heavy atom. The van der Waals surface area contributed by atoms with Crippen molar-refractivity contribution in [3.8, 4) is 6.07 Å². The average Bonchev–Trinajstić information content (AvgIpc) is 2.05. The van der Waals surface area contributed by atoms with E-state index in [1.165, 1.54) is 0 Å². The van der Waals surface area contributed by atoms with E-state index in [1.807, 2.05) is 0 Å². The lowest BCUT2D eigenvalue weighted by Crippen LogP contribution is -2.44. The molecule has 82 valence electrons. The number of nitrogens with zero attached hydrogens (tertiary/aromatic N) is 1. The van der Waals surface area contributed by atoms with Crippen LogP contribution in [0.25, 0.3) is 0 Å². The molecule has 0 rings (SSSR count). The highest BCUT2D eigenvalue weighted by atomic mass is 16.7. The molecule has 0 fully saturated rings. The molecule has 0 aromatic heterocycles. The fourth-order valence-electron chi connectivity index (χ4n) is 1.43. The molecule has 3 heteroatoms.